The predicted octanol–water partition coefficient (Wildman–Crippen LogP) is 3.49. The van der Waals surface area contributed by atoms with Gasteiger partial charge in [0.25, 0.3) is 5.91 Å². The Bertz CT molecular complexity index is 778. The Balaban J connectivity index is 1.38. The van der Waals surface area contributed by atoms with Gasteiger partial charge in [-0.15, -0.1) is 10.2 Å². The van der Waals surface area contributed by atoms with Crippen molar-refractivity contribution in [2.45, 2.75) is 42.5 Å². The van der Waals surface area contributed by atoms with Crippen LogP contribution in [0.4, 0.5) is 5.13 Å². The van der Waals surface area contributed by atoms with E-state index in [0.717, 1.165) is 18.0 Å². The summed E-state index contributed by atoms with van der Waals surface area (Å²) >= 11 is 8.51. The van der Waals surface area contributed by atoms with E-state index in [-0.39, 0.29) is 11.7 Å². The van der Waals surface area contributed by atoms with Gasteiger partial charge in [-0.25, -0.2) is 0 Å². The fourth-order valence-corrected chi connectivity index (χ4v) is 4.47. The van der Waals surface area contributed by atoms with Gasteiger partial charge >= 0.3 is 0 Å². The minimum Gasteiger partial charge on any atom is -0.357 e. The number of anilines is 1. The highest BCUT2D eigenvalue weighted by Crippen LogP contribution is 2.28. The van der Waals surface area contributed by atoms with Gasteiger partial charge in [-0.1, -0.05) is 54.0 Å². The van der Waals surface area contributed by atoms with Crippen LogP contribution in [0.5, 0.6) is 0 Å². The number of nitrogens with zero attached hydrogens (tertiary/aromatic N) is 2. The van der Waals surface area contributed by atoms with E-state index in [2.05, 4.69) is 26.4 Å². The molecule has 3 rings (SSSR count). The Kier molecular flexibility index (Phi) is 7.31. The van der Waals surface area contributed by atoms with Crippen LogP contribution < -0.4 is 16.2 Å². The molecular weight excluding hydrogens is 406 g/mol. The van der Waals surface area contributed by atoms with E-state index in [1.165, 1.54) is 42.4 Å². The molecule has 1 aliphatic carbocycles. The molecule has 1 saturated carbocycles. The molecule has 1 fully saturated rings. The SMILES string of the molecule is O=C(CSc1nnc(NC2CCCCC2)s1)NNC(=O)c1ccc(Cl)cc1. The minimum atomic E-state index is -0.403. The van der Waals surface area contributed by atoms with E-state index in [9.17, 15) is 9.59 Å². The van der Waals surface area contributed by atoms with E-state index in [1.54, 1.807) is 24.3 Å². The average Bonchev–Trinajstić information content (AvgIpc) is 3.13. The van der Waals surface area contributed by atoms with Gasteiger partial charge in [-0.3, -0.25) is 20.4 Å². The molecule has 144 valence electrons. The van der Waals surface area contributed by atoms with Crippen LogP contribution in [0.2, 0.25) is 5.02 Å². The van der Waals surface area contributed by atoms with Crippen molar-refractivity contribution < 1.29 is 9.59 Å². The van der Waals surface area contributed by atoms with Gasteiger partial charge in [0.15, 0.2) is 4.34 Å². The predicted molar refractivity (Wildman–Crippen MR) is 108 cm³/mol. The Labute approximate surface area is 170 Å². The van der Waals surface area contributed by atoms with Crippen molar-refractivity contribution in [3.63, 3.8) is 0 Å². The monoisotopic (exact) mass is 425 g/mol. The number of amides is 2. The van der Waals surface area contributed by atoms with Gasteiger partial charge in [0.1, 0.15) is 0 Å². The van der Waals surface area contributed by atoms with Crippen molar-refractivity contribution in [2.24, 2.45) is 0 Å². The number of rotatable bonds is 6. The summed E-state index contributed by atoms with van der Waals surface area (Å²) in [5, 5.41) is 13.0. The number of benzene rings is 1. The van der Waals surface area contributed by atoms with Crippen molar-refractivity contribution in [2.75, 3.05) is 11.1 Å². The summed E-state index contributed by atoms with van der Waals surface area (Å²) in [6.07, 6.45) is 6.13. The first-order chi connectivity index (χ1) is 13.1. The number of thioether (sulfide) groups is 1. The van der Waals surface area contributed by atoms with Gasteiger partial charge in [-0.2, -0.15) is 0 Å². The molecule has 0 aliphatic heterocycles. The highest BCUT2D eigenvalue weighted by molar-refractivity contribution is 8.01. The number of hydrogen-bond donors (Lipinski definition) is 3. The molecule has 0 atom stereocenters. The van der Waals surface area contributed by atoms with Gasteiger partial charge in [-0.05, 0) is 37.1 Å². The topological polar surface area (TPSA) is 96.0 Å². The molecule has 10 heteroatoms. The number of halogens is 1. The number of carbonyl (C=O) groups is 2. The standard InChI is InChI=1S/C17H20ClN5O2S2/c18-12-8-6-11(7-9-12)15(25)21-20-14(24)10-26-17-23-22-16(27-17)19-13-4-2-1-3-5-13/h6-9,13H,1-5,10H2,(H,19,22)(H,20,24)(H,21,25). The van der Waals surface area contributed by atoms with E-state index < -0.39 is 5.91 Å². The molecule has 1 aromatic carbocycles. The molecular formula is C17H20ClN5O2S2. The second-order valence-corrected chi connectivity index (χ2v) is 8.79. The third kappa shape index (κ3) is 6.37. The number of hydrogen-bond acceptors (Lipinski definition) is 7. The van der Waals surface area contributed by atoms with Gasteiger partial charge < -0.3 is 5.32 Å². The van der Waals surface area contributed by atoms with Crippen LogP contribution >= 0.6 is 34.7 Å². The lowest BCUT2D eigenvalue weighted by Gasteiger charge is -2.21. The van der Waals surface area contributed by atoms with Crippen LogP contribution in [0.15, 0.2) is 28.6 Å². The molecule has 3 N–H and O–H groups in total. The summed E-state index contributed by atoms with van der Waals surface area (Å²) < 4.78 is 0.715. The largest absolute Gasteiger partial charge is 0.357 e. The maximum Gasteiger partial charge on any atom is 0.269 e. The number of carbonyl (C=O) groups excluding carboxylic acids is 2. The molecule has 0 spiro atoms. The fraction of sp³-hybridized carbons (Fsp3) is 0.412. The Morgan fingerprint density at radius 1 is 1.11 bits per heavy atom. The molecule has 1 aromatic heterocycles. The zero-order valence-corrected chi connectivity index (χ0v) is 16.9. The summed E-state index contributed by atoms with van der Waals surface area (Å²) in [5.41, 5.74) is 5.17. The molecule has 27 heavy (non-hydrogen) atoms. The van der Waals surface area contributed by atoms with Crippen LogP contribution in [0.1, 0.15) is 42.5 Å². The van der Waals surface area contributed by atoms with Gasteiger partial charge in [0, 0.05) is 16.6 Å². The first kappa shape index (κ1) is 19.9. The lowest BCUT2D eigenvalue weighted by molar-refractivity contribution is -0.119. The van der Waals surface area contributed by atoms with Crippen LogP contribution in [0.25, 0.3) is 0 Å². The van der Waals surface area contributed by atoms with Gasteiger partial charge in [0.05, 0.1) is 5.75 Å². The number of nitrogens with one attached hydrogen (secondary N) is 3. The lowest BCUT2D eigenvalue weighted by atomic mass is 9.96. The van der Waals surface area contributed by atoms with Crippen LogP contribution in [-0.4, -0.2) is 33.8 Å². The van der Waals surface area contributed by atoms with E-state index in [1.807, 2.05) is 0 Å². The number of hydrazine groups is 1. The van der Waals surface area contributed by atoms with Crippen LogP contribution in [0.3, 0.4) is 0 Å². The molecule has 0 radical (unpaired) electrons. The van der Waals surface area contributed by atoms with Crippen molar-refractivity contribution in [1.29, 1.82) is 0 Å². The summed E-state index contributed by atoms with van der Waals surface area (Å²) in [7, 11) is 0. The zero-order chi connectivity index (χ0) is 19.1. The normalized spacial score (nSPS) is 14.6. The second-order valence-electron chi connectivity index (χ2n) is 6.15. The molecule has 1 aliphatic rings. The molecule has 2 amide bonds. The molecule has 7 nitrogen and oxygen atoms in total. The molecule has 0 saturated heterocycles. The molecule has 1 heterocycles. The first-order valence-electron chi connectivity index (χ1n) is 8.68. The quantitative estimate of drug-likeness (QED) is 0.484. The van der Waals surface area contributed by atoms with Gasteiger partial charge in [0.2, 0.25) is 11.0 Å². The molecule has 0 bridgehead atoms. The Morgan fingerprint density at radius 2 is 1.85 bits per heavy atom. The lowest BCUT2D eigenvalue weighted by Crippen LogP contribution is -2.42. The van der Waals surface area contributed by atoms with Crippen LogP contribution in [-0.2, 0) is 4.79 Å². The maximum absolute atomic E-state index is 11.9. The summed E-state index contributed by atoms with van der Waals surface area (Å²) in [4.78, 5) is 23.8. The third-order valence-electron chi connectivity index (χ3n) is 4.09. The van der Waals surface area contributed by atoms with Crippen molar-refractivity contribution in [1.82, 2.24) is 21.0 Å². The van der Waals surface area contributed by atoms with E-state index in [4.69, 9.17) is 11.6 Å². The van der Waals surface area contributed by atoms with Crippen LogP contribution in [0, 0.1) is 0 Å². The summed E-state index contributed by atoms with van der Waals surface area (Å²) in [6, 6.07) is 6.86. The zero-order valence-electron chi connectivity index (χ0n) is 14.5. The molecule has 0 unspecified atom stereocenters. The number of aromatic nitrogens is 2. The molecule has 2 aromatic rings. The highest BCUT2D eigenvalue weighted by Gasteiger charge is 2.16. The first-order valence-corrected chi connectivity index (χ1v) is 10.9. The van der Waals surface area contributed by atoms with Crippen molar-refractivity contribution in [3.8, 4) is 0 Å². The van der Waals surface area contributed by atoms with E-state index in [0.29, 0.717) is 21.0 Å². The van der Waals surface area contributed by atoms with E-state index >= 15 is 0 Å². The third-order valence-corrected chi connectivity index (χ3v) is 6.33. The Morgan fingerprint density at radius 3 is 2.59 bits per heavy atom. The summed E-state index contributed by atoms with van der Waals surface area (Å²) in [6.45, 7) is 0. The smallest absolute Gasteiger partial charge is 0.269 e. The van der Waals surface area contributed by atoms with Crippen molar-refractivity contribution in [3.05, 3.63) is 34.9 Å². The maximum atomic E-state index is 11.9. The second kappa shape index (κ2) is 9.91. The average molecular weight is 426 g/mol. The highest BCUT2D eigenvalue weighted by atomic mass is 35.5. The fourth-order valence-electron chi connectivity index (χ4n) is 2.71. The minimum absolute atomic E-state index is 0.138. The van der Waals surface area contributed by atoms with Crippen molar-refractivity contribution >= 4 is 51.6 Å². The summed E-state index contributed by atoms with van der Waals surface area (Å²) in [5.74, 6) is -0.585. The Hall–Kier alpha value is -1.84.